The fourth-order valence-corrected chi connectivity index (χ4v) is 3.38. The van der Waals surface area contributed by atoms with Crippen molar-refractivity contribution in [2.24, 2.45) is 0 Å². The predicted molar refractivity (Wildman–Crippen MR) is 120 cm³/mol. The molecule has 5 heterocycles. The Kier molecular flexibility index (Phi) is 7.51. The van der Waals surface area contributed by atoms with E-state index in [1.807, 2.05) is 10.5 Å². The van der Waals surface area contributed by atoms with Crippen LogP contribution in [0.5, 0.6) is 0 Å². The second-order valence-electron chi connectivity index (χ2n) is 5.49. The highest BCUT2D eigenvalue weighted by molar-refractivity contribution is 14.1. The molecule has 0 aromatic carbocycles. The lowest BCUT2D eigenvalue weighted by Crippen LogP contribution is -1.86. The van der Waals surface area contributed by atoms with Crippen LogP contribution >= 0.6 is 50.1 Å². The fourth-order valence-electron chi connectivity index (χ4n) is 2.19. The summed E-state index contributed by atoms with van der Waals surface area (Å²) < 4.78 is 30.6. The van der Waals surface area contributed by atoms with Gasteiger partial charge in [0.2, 0.25) is 0 Å². The minimum Gasteiger partial charge on any atom is -0.307 e. The van der Waals surface area contributed by atoms with Crippen molar-refractivity contribution in [2.45, 2.75) is 0 Å². The highest BCUT2D eigenvalue weighted by Gasteiger charge is 1.99. The Morgan fingerprint density at radius 2 is 1.59 bits per heavy atom. The van der Waals surface area contributed by atoms with Gasteiger partial charge in [0.1, 0.15) is 31.8 Å². The molecule has 0 N–H and O–H groups in total. The van der Waals surface area contributed by atoms with Crippen LogP contribution in [-0.2, 0) is 0 Å². The van der Waals surface area contributed by atoms with Gasteiger partial charge in [0, 0.05) is 47.6 Å². The Balaban J connectivity index is 0.000000126. The number of rotatable bonds is 0. The van der Waals surface area contributed by atoms with Gasteiger partial charge in [-0.25, -0.2) is 23.7 Å². The van der Waals surface area contributed by atoms with E-state index >= 15 is 0 Å². The number of nitrogens with zero attached hydrogens (tertiary/aromatic N) is 5. The summed E-state index contributed by atoms with van der Waals surface area (Å²) in [6, 6.07) is 9.17. The average molecular weight is 591 g/mol. The van der Waals surface area contributed by atoms with Crippen molar-refractivity contribution in [1.82, 2.24) is 23.8 Å². The Morgan fingerprint density at radius 3 is 2.28 bits per heavy atom. The second kappa shape index (κ2) is 10.1. The molecule has 0 bridgehead atoms. The van der Waals surface area contributed by atoms with Crippen LogP contribution < -0.4 is 0 Å². The Morgan fingerprint density at radius 1 is 0.862 bits per heavy atom. The molecule has 5 rings (SSSR count). The van der Waals surface area contributed by atoms with Crippen LogP contribution in [0.15, 0.2) is 78.1 Å². The van der Waals surface area contributed by atoms with Gasteiger partial charge in [-0.3, -0.25) is 4.40 Å². The zero-order valence-electron chi connectivity index (χ0n) is 14.6. The molecule has 0 aliphatic rings. The van der Waals surface area contributed by atoms with Crippen molar-refractivity contribution < 1.29 is 8.78 Å². The van der Waals surface area contributed by atoms with Gasteiger partial charge in [-0.2, -0.15) is 0 Å². The monoisotopic (exact) mass is 589 g/mol. The average Bonchev–Trinajstić information content (AvgIpc) is 3.28. The van der Waals surface area contributed by atoms with Crippen molar-refractivity contribution in [2.75, 3.05) is 0 Å². The standard InChI is InChI=1S/C7H4FIN2.C7H5FN2.C5H3BrClN/c8-5-1-2-11-6(9)4-10-7(11)3-5;8-6-1-3-10-4-2-9-7(10)5-6;6-4-1-2-8-5(7)3-4/h1-4H;1-5H;1-3H. The fraction of sp³-hybridized carbons (Fsp3) is 0. The molecule has 0 saturated heterocycles. The molecule has 0 spiro atoms. The molecule has 0 atom stereocenters. The molecule has 0 amide bonds. The van der Waals surface area contributed by atoms with E-state index in [9.17, 15) is 8.78 Å². The molecule has 5 nitrogen and oxygen atoms in total. The van der Waals surface area contributed by atoms with Gasteiger partial charge < -0.3 is 4.40 Å². The number of imidazole rings is 2. The number of hydrogen-bond acceptors (Lipinski definition) is 3. The zero-order valence-corrected chi connectivity index (χ0v) is 19.1. The van der Waals surface area contributed by atoms with Crippen molar-refractivity contribution in [1.29, 1.82) is 0 Å². The molecule has 29 heavy (non-hydrogen) atoms. The molecule has 0 aliphatic carbocycles. The Labute approximate surface area is 191 Å². The highest BCUT2D eigenvalue weighted by atomic mass is 127. The number of halogens is 5. The molecule has 0 unspecified atom stereocenters. The summed E-state index contributed by atoms with van der Waals surface area (Å²) in [5.74, 6) is -0.502. The molecular formula is C19H12BrClF2IN5. The first-order valence-corrected chi connectivity index (χ1v) is 10.3. The van der Waals surface area contributed by atoms with Gasteiger partial charge in [0.05, 0.1) is 6.20 Å². The van der Waals surface area contributed by atoms with Gasteiger partial charge >= 0.3 is 0 Å². The molecule has 0 saturated carbocycles. The van der Waals surface area contributed by atoms with Crippen LogP contribution in [0.25, 0.3) is 11.3 Å². The first-order valence-electron chi connectivity index (χ1n) is 8.06. The highest BCUT2D eigenvalue weighted by Crippen LogP contribution is 2.12. The summed E-state index contributed by atoms with van der Waals surface area (Å²) in [6.45, 7) is 0. The van der Waals surface area contributed by atoms with Crippen LogP contribution in [0.4, 0.5) is 8.78 Å². The lowest BCUT2D eigenvalue weighted by Gasteiger charge is -1.92. The van der Waals surface area contributed by atoms with Gasteiger partial charge in [-0.05, 0) is 46.9 Å². The molecular weight excluding hydrogens is 579 g/mol. The third-order valence-corrected chi connectivity index (χ3v) is 4.98. The molecule has 10 heteroatoms. The van der Waals surface area contributed by atoms with Gasteiger partial charge in [0.25, 0.3) is 0 Å². The molecule has 0 fully saturated rings. The third-order valence-electron chi connectivity index (χ3n) is 3.48. The minimum absolute atomic E-state index is 0.250. The summed E-state index contributed by atoms with van der Waals surface area (Å²) >= 11 is 10.9. The molecule has 0 aliphatic heterocycles. The van der Waals surface area contributed by atoms with Crippen LogP contribution in [0.1, 0.15) is 0 Å². The second-order valence-corrected chi connectivity index (χ2v) is 7.90. The molecule has 5 aromatic rings. The van der Waals surface area contributed by atoms with E-state index in [0.29, 0.717) is 16.4 Å². The Bertz CT molecular complexity index is 1230. The van der Waals surface area contributed by atoms with Crippen LogP contribution in [-0.4, -0.2) is 23.8 Å². The topological polar surface area (TPSA) is 47.5 Å². The maximum atomic E-state index is 12.6. The smallest absolute Gasteiger partial charge is 0.140 e. The summed E-state index contributed by atoms with van der Waals surface area (Å²) in [5.41, 5.74) is 1.29. The normalized spacial score (nSPS) is 10.2. The number of pyridine rings is 3. The first-order chi connectivity index (χ1) is 13.9. The maximum absolute atomic E-state index is 12.6. The van der Waals surface area contributed by atoms with E-state index in [0.717, 1.165) is 8.17 Å². The van der Waals surface area contributed by atoms with Crippen molar-refractivity contribution in [3.05, 3.63) is 98.5 Å². The van der Waals surface area contributed by atoms with Crippen molar-refractivity contribution in [3.63, 3.8) is 0 Å². The summed E-state index contributed by atoms with van der Waals surface area (Å²) in [7, 11) is 0. The van der Waals surface area contributed by atoms with E-state index in [1.165, 1.54) is 24.3 Å². The summed E-state index contributed by atoms with van der Waals surface area (Å²) in [5, 5.41) is 0.513. The molecule has 148 valence electrons. The van der Waals surface area contributed by atoms with Crippen LogP contribution in [0.3, 0.4) is 0 Å². The maximum Gasteiger partial charge on any atom is 0.140 e. The first kappa shape index (κ1) is 21.6. The Hall–Kier alpha value is -2.11. The summed E-state index contributed by atoms with van der Waals surface area (Å²) in [6.07, 6.45) is 10.1. The largest absolute Gasteiger partial charge is 0.307 e. The number of hydrogen-bond donors (Lipinski definition) is 0. The summed E-state index contributed by atoms with van der Waals surface area (Å²) in [4.78, 5) is 11.7. The lowest BCUT2D eigenvalue weighted by molar-refractivity contribution is 0.626. The quantitative estimate of drug-likeness (QED) is 0.163. The zero-order chi connectivity index (χ0) is 20.8. The number of fused-ring (bicyclic) bond motifs is 2. The minimum atomic E-state index is -0.251. The van der Waals surface area contributed by atoms with E-state index < -0.39 is 0 Å². The van der Waals surface area contributed by atoms with Crippen molar-refractivity contribution >= 4 is 61.4 Å². The van der Waals surface area contributed by atoms with Gasteiger partial charge in [-0.15, -0.1) is 0 Å². The molecule has 5 aromatic heterocycles. The number of aromatic nitrogens is 5. The van der Waals surface area contributed by atoms with Gasteiger partial charge in [0.15, 0.2) is 0 Å². The van der Waals surface area contributed by atoms with E-state index in [4.69, 9.17) is 11.6 Å². The van der Waals surface area contributed by atoms with E-state index in [1.54, 1.807) is 47.6 Å². The van der Waals surface area contributed by atoms with Crippen LogP contribution in [0.2, 0.25) is 5.15 Å². The van der Waals surface area contributed by atoms with Gasteiger partial charge in [-0.1, -0.05) is 27.5 Å². The van der Waals surface area contributed by atoms with E-state index in [2.05, 4.69) is 53.5 Å². The van der Waals surface area contributed by atoms with Crippen molar-refractivity contribution in [3.8, 4) is 0 Å². The third kappa shape index (κ3) is 6.18. The lowest BCUT2D eigenvalue weighted by atomic mass is 10.4. The van der Waals surface area contributed by atoms with Crippen LogP contribution in [0, 0.1) is 15.3 Å². The van der Waals surface area contributed by atoms with E-state index in [-0.39, 0.29) is 11.6 Å². The SMILES string of the molecule is Clc1cc(Br)ccn1.Fc1ccn2c(I)cnc2c1.Fc1ccn2ccnc2c1. The molecule has 0 radical (unpaired) electrons. The predicted octanol–water partition coefficient (Wildman–Crippen LogP) is 6.05.